The molecule has 0 fully saturated rings. The first-order chi connectivity index (χ1) is 13.6. The molecule has 0 radical (unpaired) electrons. The van der Waals surface area contributed by atoms with E-state index in [1.165, 1.54) is 27.4 Å². The van der Waals surface area contributed by atoms with Crippen LogP contribution in [0.2, 0.25) is 6.55 Å². The van der Waals surface area contributed by atoms with Crippen molar-refractivity contribution in [2.75, 3.05) is 0 Å². The summed E-state index contributed by atoms with van der Waals surface area (Å²) in [5.74, 6) is 0. The van der Waals surface area contributed by atoms with Crippen molar-refractivity contribution in [1.29, 1.82) is 0 Å². The van der Waals surface area contributed by atoms with Crippen LogP contribution in [-0.2, 0) is 12.8 Å². The zero-order chi connectivity index (χ0) is 19.3. The fourth-order valence-corrected chi connectivity index (χ4v) is 10.8. The van der Waals surface area contributed by atoms with Gasteiger partial charge in [0.25, 0.3) is 0 Å². The maximum absolute atomic E-state index is 2.59. The summed E-state index contributed by atoms with van der Waals surface area (Å²) in [4.78, 5) is 0. The summed E-state index contributed by atoms with van der Waals surface area (Å²) in [6.07, 6.45) is 2.18. The highest BCUT2D eigenvalue weighted by Gasteiger charge is 2.45. The Balaban J connectivity index is 1.83. The average Bonchev–Trinajstić information content (AvgIpc) is 3.24. The van der Waals surface area contributed by atoms with Gasteiger partial charge in [-0.15, -0.1) is 0 Å². The number of benzene rings is 3. The van der Waals surface area contributed by atoms with Gasteiger partial charge in [-0.3, -0.25) is 0 Å². The van der Waals surface area contributed by atoms with Gasteiger partial charge in [0.2, 0.25) is 0 Å². The largest absolute Gasteiger partial charge is 0.146 e. The van der Waals surface area contributed by atoms with E-state index in [1.54, 1.807) is 21.5 Å². The fraction of sp³-hybridized carbons (Fsp3) is 0.185. The summed E-state index contributed by atoms with van der Waals surface area (Å²) in [7, 11) is -2.13. The molecule has 0 atom stereocenters. The van der Waals surface area contributed by atoms with Gasteiger partial charge >= 0.3 is 0 Å². The van der Waals surface area contributed by atoms with Gasteiger partial charge in [-0.2, -0.15) is 0 Å². The van der Waals surface area contributed by atoms with E-state index in [0.29, 0.717) is 0 Å². The molecule has 0 heterocycles. The van der Waals surface area contributed by atoms with Gasteiger partial charge < -0.3 is 0 Å². The highest BCUT2D eigenvalue weighted by atomic mass is 28.3. The van der Waals surface area contributed by atoms with Gasteiger partial charge in [-0.25, -0.2) is 0 Å². The van der Waals surface area contributed by atoms with Crippen molar-refractivity contribution in [2.24, 2.45) is 0 Å². The Bertz CT molecular complexity index is 1060. The van der Waals surface area contributed by atoms with Crippen LogP contribution in [0.5, 0.6) is 0 Å². The Morgan fingerprint density at radius 1 is 0.571 bits per heavy atom. The lowest BCUT2D eigenvalue weighted by Gasteiger charge is -2.34. The maximum atomic E-state index is 2.59. The van der Waals surface area contributed by atoms with E-state index in [1.807, 2.05) is 0 Å². The van der Waals surface area contributed by atoms with Crippen LogP contribution >= 0.6 is 0 Å². The Morgan fingerprint density at radius 2 is 1.00 bits per heavy atom. The van der Waals surface area contributed by atoms with Crippen molar-refractivity contribution >= 4 is 23.7 Å². The first-order valence-electron chi connectivity index (χ1n) is 10.2. The summed E-state index contributed by atoms with van der Waals surface area (Å²) in [5.41, 5.74) is 9.08. The molecule has 3 aromatic rings. The van der Waals surface area contributed by atoms with Crippen molar-refractivity contribution in [3.63, 3.8) is 0 Å². The van der Waals surface area contributed by atoms with E-state index in [4.69, 9.17) is 0 Å². The van der Waals surface area contributed by atoms with Crippen LogP contribution in [0.1, 0.15) is 36.1 Å². The molecule has 0 saturated carbocycles. The zero-order valence-electron chi connectivity index (χ0n) is 16.9. The Kier molecular flexibility index (Phi) is 4.03. The second-order valence-electron chi connectivity index (χ2n) is 8.47. The van der Waals surface area contributed by atoms with Crippen LogP contribution in [-0.4, -0.2) is 8.07 Å². The van der Waals surface area contributed by atoms with Gasteiger partial charge in [0.05, 0.1) is 0 Å². The molecule has 1 heteroatoms. The molecule has 28 heavy (non-hydrogen) atoms. The number of fused-ring (bicyclic) bond motifs is 2. The fourth-order valence-electron chi connectivity index (χ4n) is 5.62. The first-order valence-corrected chi connectivity index (χ1v) is 12.7. The molecule has 0 aromatic heterocycles. The van der Waals surface area contributed by atoms with E-state index >= 15 is 0 Å². The molecule has 2 aliphatic rings. The van der Waals surface area contributed by atoms with Crippen molar-refractivity contribution in [3.05, 3.63) is 112 Å². The summed E-state index contributed by atoms with van der Waals surface area (Å²) < 4.78 is 0. The lowest BCUT2D eigenvalue weighted by molar-refractivity contribution is 1.19. The molecule has 138 valence electrons. The molecular weight excluding hydrogens is 352 g/mol. The number of rotatable bonds is 3. The monoisotopic (exact) mass is 378 g/mol. The molecule has 0 N–H and O–H groups in total. The second kappa shape index (κ2) is 6.46. The van der Waals surface area contributed by atoms with Crippen LogP contribution in [0.3, 0.4) is 0 Å². The normalized spacial score (nSPS) is 15.8. The minimum absolute atomic E-state index is 1.09. The topological polar surface area (TPSA) is 0 Å². The molecular formula is C27H26Si. The summed E-state index contributed by atoms with van der Waals surface area (Å²) in [6, 6.07) is 29.4. The summed E-state index contributed by atoms with van der Waals surface area (Å²) >= 11 is 0. The molecule has 0 saturated heterocycles. The minimum atomic E-state index is -2.13. The average molecular weight is 379 g/mol. The van der Waals surface area contributed by atoms with Crippen LogP contribution in [0.25, 0.3) is 10.4 Å². The van der Waals surface area contributed by atoms with Gasteiger partial charge in [-0.1, -0.05) is 96.6 Å². The van der Waals surface area contributed by atoms with E-state index < -0.39 is 8.07 Å². The second-order valence-corrected chi connectivity index (χ2v) is 12.3. The molecule has 2 aliphatic carbocycles. The van der Waals surface area contributed by atoms with E-state index in [-0.39, 0.29) is 0 Å². The molecule has 0 spiro atoms. The van der Waals surface area contributed by atoms with Crippen molar-refractivity contribution < 1.29 is 0 Å². The third-order valence-corrected chi connectivity index (χ3v) is 11.6. The molecule has 5 rings (SSSR count). The SMILES string of the molecule is CC1=C([Si](C)(C2=C(C)Cc3ccccc32)c2ccccc2)c2ccccc2C1. The van der Waals surface area contributed by atoms with Gasteiger partial charge in [0.15, 0.2) is 0 Å². The third-order valence-electron chi connectivity index (χ3n) is 6.69. The lowest BCUT2D eigenvalue weighted by atomic mass is 10.1. The number of hydrogen-bond acceptors (Lipinski definition) is 0. The molecule has 3 aromatic carbocycles. The van der Waals surface area contributed by atoms with Gasteiger partial charge in [-0.05, 0) is 64.5 Å². The van der Waals surface area contributed by atoms with Crippen LogP contribution in [0.15, 0.2) is 90.0 Å². The quantitative estimate of drug-likeness (QED) is 0.482. The van der Waals surface area contributed by atoms with E-state index in [2.05, 4.69) is 99.3 Å². The van der Waals surface area contributed by atoms with Crippen molar-refractivity contribution in [1.82, 2.24) is 0 Å². The minimum Gasteiger partial charge on any atom is -0.0683 e. The first kappa shape index (κ1) is 17.5. The molecule has 0 amide bonds. The zero-order valence-corrected chi connectivity index (χ0v) is 17.9. The predicted octanol–water partition coefficient (Wildman–Crippen LogP) is 6.11. The molecule has 0 bridgehead atoms. The lowest BCUT2D eigenvalue weighted by Crippen LogP contribution is -2.48. The van der Waals surface area contributed by atoms with Crippen molar-refractivity contribution in [2.45, 2.75) is 33.2 Å². The smallest absolute Gasteiger partial charge is 0.0683 e. The predicted molar refractivity (Wildman–Crippen MR) is 123 cm³/mol. The van der Waals surface area contributed by atoms with Gasteiger partial charge in [0, 0.05) is 0 Å². The number of hydrogen-bond donors (Lipinski definition) is 0. The van der Waals surface area contributed by atoms with Crippen LogP contribution in [0.4, 0.5) is 0 Å². The van der Waals surface area contributed by atoms with E-state index in [9.17, 15) is 0 Å². The van der Waals surface area contributed by atoms with Gasteiger partial charge in [0.1, 0.15) is 8.07 Å². The maximum Gasteiger partial charge on any atom is 0.146 e. The molecule has 0 nitrogen and oxygen atoms in total. The Labute approximate surface area is 169 Å². The van der Waals surface area contributed by atoms with Crippen molar-refractivity contribution in [3.8, 4) is 0 Å². The highest BCUT2D eigenvalue weighted by molar-refractivity contribution is 7.18. The Morgan fingerprint density at radius 3 is 1.50 bits per heavy atom. The molecule has 0 aliphatic heterocycles. The third kappa shape index (κ3) is 2.43. The van der Waals surface area contributed by atoms with Crippen LogP contribution in [0, 0.1) is 0 Å². The molecule has 0 unspecified atom stereocenters. The highest BCUT2D eigenvalue weighted by Crippen LogP contribution is 2.48. The Hall–Kier alpha value is -2.64. The van der Waals surface area contributed by atoms with E-state index in [0.717, 1.165) is 12.8 Å². The van der Waals surface area contributed by atoms with Crippen LogP contribution < -0.4 is 5.19 Å². The summed E-state index contributed by atoms with van der Waals surface area (Å²) in [5, 5.41) is 4.80. The summed E-state index contributed by atoms with van der Waals surface area (Å²) in [6.45, 7) is 7.31. The standard InChI is InChI=1S/C27H26Si/c1-19-17-21-11-7-9-15-24(21)26(19)28(3,23-13-5-4-6-14-23)27-20(2)18-22-12-8-10-16-25(22)27/h4-16H,17-18H2,1-3H3. The number of allylic oxidation sites excluding steroid dienone is 2.